The average Bonchev–Trinajstić information content (AvgIpc) is 2.47. The van der Waals surface area contributed by atoms with Gasteiger partial charge in [-0.15, -0.1) is 0 Å². The lowest BCUT2D eigenvalue weighted by atomic mass is 10.1. The minimum atomic E-state index is -1.09. The number of amides is 1. The molecule has 110 valence electrons. The SMILES string of the molecule is CCN(Cc1cccc(C)c1)C(=O)c1cccc(F)c1F. The zero-order valence-electron chi connectivity index (χ0n) is 12.1. The molecule has 1 amide bonds. The van der Waals surface area contributed by atoms with Gasteiger partial charge in [0.1, 0.15) is 0 Å². The lowest BCUT2D eigenvalue weighted by molar-refractivity contribution is 0.0746. The highest BCUT2D eigenvalue weighted by Crippen LogP contribution is 2.16. The van der Waals surface area contributed by atoms with Gasteiger partial charge >= 0.3 is 0 Å². The molecule has 0 spiro atoms. The van der Waals surface area contributed by atoms with E-state index in [-0.39, 0.29) is 5.56 Å². The van der Waals surface area contributed by atoms with Crippen LogP contribution in [0.15, 0.2) is 42.5 Å². The lowest BCUT2D eigenvalue weighted by Gasteiger charge is -2.21. The van der Waals surface area contributed by atoms with E-state index in [2.05, 4.69) is 0 Å². The normalized spacial score (nSPS) is 10.5. The van der Waals surface area contributed by atoms with Gasteiger partial charge in [-0.25, -0.2) is 8.78 Å². The van der Waals surface area contributed by atoms with Crippen molar-refractivity contribution in [1.29, 1.82) is 0 Å². The summed E-state index contributed by atoms with van der Waals surface area (Å²) in [6, 6.07) is 11.4. The fourth-order valence-corrected chi connectivity index (χ4v) is 2.20. The molecule has 0 aliphatic rings. The minimum absolute atomic E-state index is 0.232. The number of nitrogens with zero attached hydrogens (tertiary/aromatic N) is 1. The Morgan fingerprint density at radius 1 is 1.14 bits per heavy atom. The van der Waals surface area contributed by atoms with Gasteiger partial charge < -0.3 is 4.90 Å². The van der Waals surface area contributed by atoms with E-state index < -0.39 is 17.5 Å². The Bertz CT molecular complexity index is 655. The van der Waals surface area contributed by atoms with Gasteiger partial charge in [0.2, 0.25) is 0 Å². The van der Waals surface area contributed by atoms with E-state index in [4.69, 9.17) is 0 Å². The smallest absolute Gasteiger partial charge is 0.257 e. The first-order valence-electron chi connectivity index (χ1n) is 6.81. The van der Waals surface area contributed by atoms with Crippen molar-refractivity contribution >= 4 is 5.91 Å². The van der Waals surface area contributed by atoms with Crippen molar-refractivity contribution < 1.29 is 13.6 Å². The molecule has 2 nitrogen and oxygen atoms in total. The van der Waals surface area contributed by atoms with Crippen LogP contribution in [-0.4, -0.2) is 17.4 Å². The molecule has 0 fully saturated rings. The Morgan fingerprint density at radius 3 is 2.52 bits per heavy atom. The summed E-state index contributed by atoms with van der Waals surface area (Å²) in [7, 11) is 0. The first kappa shape index (κ1) is 15.2. The summed E-state index contributed by atoms with van der Waals surface area (Å²) in [6.45, 7) is 4.56. The summed E-state index contributed by atoms with van der Waals surface area (Å²) >= 11 is 0. The fraction of sp³-hybridized carbons (Fsp3) is 0.235. The molecule has 2 rings (SSSR count). The first-order chi connectivity index (χ1) is 10.0. The molecule has 0 atom stereocenters. The van der Waals surface area contributed by atoms with Gasteiger partial charge in [-0.3, -0.25) is 4.79 Å². The second-order valence-electron chi connectivity index (χ2n) is 4.91. The summed E-state index contributed by atoms with van der Waals surface area (Å²) < 4.78 is 27.0. The number of halogens is 2. The van der Waals surface area contributed by atoms with Crippen LogP contribution in [0.2, 0.25) is 0 Å². The van der Waals surface area contributed by atoms with Crippen LogP contribution in [0, 0.1) is 18.6 Å². The largest absolute Gasteiger partial charge is 0.335 e. The van der Waals surface area contributed by atoms with Gasteiger partial charge in [-0.05, 0) is 31.5 Å². The van der Waals surface area contributed by atoms with Crippen LogP contribution in [0.4, 0.5) is 8.78 Å². The molecule has 0 bridgehead atoms. The van der Waals surface area contributed by atoms with E-state index in [1.54, 1.807) is 0 Å². The quantitative estimate of drug-likeness (QED) is 0.835. The van der Waals surface area contributed by atoms with Crippen molar-refractivity contribution in [1.82, 2.24) is 4.90 Å². The average molecular weight is 289 g/mol. The molecule has 21 heavy (non-hydrogen) atoms. The van der Waals surface area contributed by atoms with Crippen molar-refractivity contribution in [3.05, 3.63) is 70.8 Å². The van der Waals surface area contributed by atoms with E-state index in [0.717, 1.165) is 17.2 Å². The number of hydrogen-bond acceptors (Lipinski definition) is 1. The molecule has 2 aromatic rings. The van der Waals surface area contributed by atoms with Crippen LogP contribution in [0.25, 0.3) is 0 Å². The molecular formula is C17H17F2NO. The summed E-state index contributed by atoms with van der Waals surface area (Å²) in [5, 5.41) is 0. The maximum Gasteiger partial charge on any atom is 0.257 e. The van der Waals surface area contributed by atoms with Gasteiger partial charge in [0.15, 0.2) is 11.6 Å². The molecule has 0 saturated carbocycles. The maximum absolute atomic E-state index is 13.7. The standard InChI is InChI=1S/C17H17F2NO/c1-3-20(11-13-7-4-6-12(2)10-13)17(21)14-8-5-9-15(18)16(14)19/h4-10H,3,11H2,1-2H3. The molecule has 0 saturated heterocycles. The zero-order valence-corrected chi connectivity index (χ0v) is 12.1. The number of benzene rings is 2. The molecular weight excluding hydrogens is 272 g/mol. The summed E-state index contributed by atoms with van der Waals surface area (Å²) in [5.74, 6) is -2.60. The Morgan fingerprint density at radius 2 is 1.86 bits per heavy atom. The molecule has 4 heteroatoms. The predicted molar refractivity (Wildman–Crippen MR) is 78.0 cm³/mol. The second kappa shape index (κ2) is 6.48. The van der Waals surface area contributed by atoms with Crippen LogP contribution in [0.5, 0.6) is 0 Å². The lowest BCUT2D eigenvalue weighted by Crippen LogP contribution is -2.31. The molecule has 0 heterocycles. The highest BCUT2D eigenvalue weighted by atomic mass is 19.2. The van der Waals surface area contributed by atoms with Crippen molar-refractivity contribution in [2.45, 2.75) is 20.4 Å². The van der Waals surface area contributed by atoms with Crippen LogP contribution < -0.4 is 0 Å². The van der Waals surface area contributed by atoms with Crippen LogP contribution in [-0.2, 0) is 6.54 Å². The first-order valence-corrected chi connectivity index (χ1v) is 6.81. The molecule has 0 N–H and O–H groups in total. The highest BCUT2D eigenvalue weighted by Gasteiger charge is 2.20. The number of hydrogen-bond donors (Lipinski definition) is 0. The van der Waals surface area contributed by atoms with Crippen molar-refractivity contribution in [3.63, 3.8) is 0 Å². The third kappa shape index (κ3) is 3.45. The third-order valence-corrected chi connectivity index (χ3v) is 3.31. The maximum atomic E-state index is 13.7. The minimum Gasteiger partial charge on any atom is -0.335 e. The number of carbonyl (C=O) groups is 1. The molecule has 0 aliphatic heterocycles. The Kier molecular flexibility index (Phi) is 4.68. The van der Waals surface area contributed by atoms with E-state index in [0.29, 0.717) is 13.1 Å². The second-order valence-corrected chi connectivity index (χ2v) is 4.91. The number of carbonyl (C=O) groups excluding carboxylic acids is 1. The Hall–Kier alpha value is -2.23. The van der Waals surface area contributed by atoms with Crippen molar-refractivity contribution in [2.24, 2.45) is 0 Å². The van der Waals surface area contributed by atoms with Gasteiger partial charge in [-0.1, -0.05) is 35.9 Å². The zero-order chi connectivity index (χ0) is 15.4. The summed E-state index contributed by atoms with van der Waals surface area (Å²) in [4.78, 5) is 13.9. The van der Waals surface area contributed by atoms with Crippen LogP contribution in [0.1, 0.15) is 28.4 Å². The summed E-state index contributed by atoms with van der Waals surface area (Å²) in [5.41, 5.74) is 1.82. The van der Waals surface area contributed by atoms with Crippen LogP contribution in [0.3, 0.4) is 0 Å². The van der Waals surface area contributed by atoms with E-state index in [1.807, 2.05) is 38.1 Å². The highest BCUT2D eigenvalue weighted by molar-refractivity contribution is 5.94. The van der Waals surface area contributed by atoms with Gasteiger partial charge in [0.05, 0.1) is 5.56 Å². The monoisotopic (exact) mass is 289 g/mol. The Balaban J connectivity index is 2.25. The van der Waals surface area contributed by atoms with E-state index in [1.165, 1.54) is 17.0 Å². The predicted octanol–water partition coefficient (Wildman–Crippen LogP) is 3.94. The molecule has 2 aromatic carbocycles. The van der Waals surface area contributed by atoms with Crippen molar-refractivity contribution in [3.8, 4) is 0 Å². The van der Waals surface area contributed by atoms with E-state index in [9.17, 15) is 13.6 Å². The topological polar surface area (TPSA) is 20.3 Å². The third-order valence-electron chi connectivity index (χ3n) is 3.31. The van der Waals surface area contributed by atoms with Crippen LogP contribution >= 0.6 is 0 Å². The van der Waals surface area contributed by atoms with Crippen molar-refractivity contribution in [2.75, 3.05) is 6.54 Å². The molecule has 0 aromatic heterocycles. The van der Waals surface area contributed by atoms with Gasteiger partial charge in [0, 0.05) is 13.1 Å². The van der Waals surface area contributed by atoms with Gasteiger partial charge in [-0.2, -0.15) is 0 Å². The number of aryl methyl sites for hydroxylation is 1. The number of rotatable bonds is 4. The van der Waals surface area contributed by atoms with E-state index >= 15 is 0 Å². The van der Waals surface area contributed by atoms with Gasteiger partial charge in [0.25, 0.3) is 5.91 Å². The Labute approximate surface area is 123 Å². The summed E-state index contributed by atoms with van der Waals surface area (Å²) in [6.07, 6.45) is 0. The fourth-order valence-electron chi connectivity index (χ4n) is 2.20. The molecule has 0 aliphatic carbocycles. The molecule has 0 unspecified atom stereocenters. The molecule has 0 radical (unpaired) electrons.